The zero-order chi connectivity index (χ0) is 23.3. The van der Waals surface area contributed by atoms with Gasteiger partial charge in [0.2, 0.25) is 5.91 Å². The molecule has 0 bridgehead atoms. The summed E-state index contributed by atoms with van der Waals surface area (Å²) in [5.74, 6) is -2.53. The van der Waals surface area contributed by atoms with E-state index in [0.29, 0.717) is 24.8 Å². The molecule has 1 heterocycles. The topological polar surface area (TPSA) is 125 Å². The first-order chi connectivity index (χ1) is 15.2. The van der Waals surface area contributed by atoms with Gasteiger partial charge in [0.15, 0.2) is 0 Å². The van der Waals surface area contributed by atoms with E-state index >= 15 is 0 Å². The third kappa shape index (κ3) is 6.06. The molecule has 1 aliphatic heterocycles. The van der Waals surface area contributed by atoms with Crippen molar-refractivity contribution in [2.24, 2.45) is 11.7 Å². The van der Waals surface area contributed by atoms with Gasteiger partial charge < -0.3 is 21.3 Å². The Bertz CT molecular complexity index is 848. The van der Waals surface area contributed by atoms with Gasteiger partial charge in [-0.2, -0.15) is 0 Å². The molecule has 3 rings (SSSR count). The monoisotopic (exact) mass is 443 g/mol. The number of primary amides is 1. The van der Waals surface area contributed by atoms with Gasteiger partial charge >= 0.3 is 11.8 Å². The van der Waals surface area contributed by atoms with Gasteiger partial charge in [0.05, 0.1) is 6.04 Å². The van der Waals surface area contributed by atoms with Crippen LogP contribution in [-0.2, 0) is 20.9 Å². The molecule has 0 spiro atoms. The highest BCUT2D eigenvalue weighted by atomic mass is 16.2. The number of hydrogen-bond donors (Lipinski definition) is 3. The van der Waals surface area contributed by atoms with Crippen molar-refractivity contribution in [3.8, 4) is 0 Å². The molecular weight excluding hydrogens is 410 g/mol. The van der Waals surface area contributed by atoms with E-state index in [9.17, 15) is 19.2 Å². The SMILES string of the molecule is CN(C)C(=O)[C@H]1CC[C@H](NC(=O)C(N)=O)[C@H](NC(=O)c2ccc(CN3CCCC3)cc2)C1. The number of benzene rings is 1. The maximum Gasteiger partial charge on any atom is 0.309 e. The molecule has 1 saturated carbocycles. The average Bonchev–Trinajstić information content (AvgIpc) is 3.27. The first-order valence-corrected chi connectivity index (χ1v) is 11.2. The average molecular weight is 444 g/mol. The van der Waals surface area contributed by atoms with Crippen LogP contribution in [0.15, 0.2) is 24.3 Å². The van der Waals surface area contributed by atoms with E-state index in [1.54, 1.807) is 26.2 Å². The second kappa shape index (κ2) is 10.6. The first-order valence-electron chi connectivity index (χ1n) is 11.2. The molecular formula is C23H33N5O4. The fourth-order valence-electron chi connectivity index (χ4n) is 4.54. The maximum absolute atomic E-state index is 12.9. The van der Waals surface area contributed by atoms with Gasteiger partial charge in [-0.25, -0.2) is 0 Å². The van der Waals surface area contributed by atoms with Gasteiger partial charge in [0, 0.05) is 38.2 Å². The molecule has 4 N–H and O–H groups in total. The lowest BCUT2D eigenvalue weighted by atomic mass is 9.81. The summed E-state index contributed by atoms with van der Waals surface area (Å²) < 4.78 is 0. The number of nitrogens with one attached hydrogen (secondary N) is 2. The van der Waals surface area contributed by atoms with E-state index in [4.69, 9.17) is 5.73 Å². The van der Waals surface area contributed by atoms with Crippen LogP contribution in [0.5, 0.6) is 0 Å². The van der Waals surface area contributed by atoms with Crippen LogP contribution in [0.25, 0.3) is 0 Å². The Morgan fingerprint density at radius 2 is 1.66 bits per heavy atom. The zero-order valence-corrected chi connectivity index (χ0v) is 18.8. The minimum absolute atomic E-state index is 0.0183. The summed E-state index contributed by atoms with van der Waals surface area (Å²) in [4.78, 5) is 52.4. The molecule has 0 aromatic heterocycles. The van der Waals surface area contributed by atoms with Crippen LogP contribution >= 0.6 is 0 Å². The summed E-state index contributed by atoms with van der Waals surface area (Å²) >= 11 is 0. The van der Waals surface area contributed by atoms with Crippen LogP contribution in [0.2, 0.25) is 0 Å². The van der Waals surface area contributed by atoms with Crippen LogP contribution in [0, 0.1) is 5.92 Å². The number of carbonyl (C=O) groups is 4. The van der Waals surface area contributed by atoms with Crippen LogP contribution < -0.4 is 16.4 Å². The van der Waals surface area contributed by atoms with Gasteiger partial charge in [-0.3, -0.25) is 24.1 Å². The Labute approximate surface area is 188 Å². The highest BCUT2D eigenvalue weighted by molar-refractivity contribution is 6.34. The van der Waals surface area contributed by atoms with Gasteiger partial charge in [-0.05, 0) is 62.9 Å². The molecule has 2 aliphatic rings. The molecule has 0 unspecified atom stereocenters. The third-order valence-electron chi connectivity index (χ3n) is 6.32. The zero-order valence-electron chi connectivity index (χ0n) is 18.8. The molecule has 1 saturated heterocycles. The Morgan fingerprint density at radius 3 is 2.25 bits per heavy atom. The molecule has 0 radical (unpaired) electrons. The number of carbonyl (C=O) groups excluding carboxylic acids is 4. The molecule has 9 heteroatoms. The summed E-state index contributed by atoms with van der Waals surface area (Å²) in [7, 11) is 3.39. The number of amides is 4. The molecule has 32 heavy (non-hydrogen) atoms. The lowest BCUT2D eigenvalue weighted by Gasteiger charge is -2.37. The molecule has 3 atom stereocenters. The second-order valence-corrected chi connectivity index (χ2v) is 8.95. The molecule has 9 nitrogen and oxygen atoms in total. The molecule has 1 aromatic rings. The van der Waals surface area contributed by atoms with Crippen LogP contribution in [0.3, 0.4) is 0 Å². The Morgan fingerprint density at radius 1 is 1.00 bits per heavy atom. The Balaban J connectivity index is 1.67. The quantitative estimate of drug-likeness (QED) is 0.543. The predicted molar refractivity (Wildman–Crippen MR) is 119 cm³/mol. The van der Waals surface area contributed by atoms with Gasteiger partial charge in [-0.15, -0.1) is 0 Å². The van der Waals surface area contributed by atoms with Crippen molar-refractivity contribution >= 4 is 23.6 Å². The minimum atomic E-state index is -1.07. The molecule has 2 fully saturated rings. The van der Waals surface area contributed by atoms with Crippen molar-refractivity contribution in [1.29, 1.82) is 0 Å². The lowest BCUT2D eigenvalue weighted by molar-refractivity contribution is -0.138. The second-order valence-electron chi connectivity index (χ2n) is 8.95. The van der Waals surface area contributed by atoms with E-state index in [2.05, 4.69) is 15.5 Å². The summed E-state index contributed by atoms with van der Waals surface area (Å²) in [5.41, 5.74) is 6.74. The lowest BCUT2D eigenvalue weighted by Crippen LogP contribution is -2.57. The van der Waals surface area contributed by atoms with E-state index in [1.807, 2.05) is 12.1 Å². The van der Waals surface area contributed by atoms with Crippen molar-refractivity contribution in [2.75, 3.05) is 27.2 Å². The molecule has 1 aromatic carbocycles. The van der Waals surface area contributed by atoms with Crippen molar-refractivity contribution in [1.82, 2.24) is 20.4 Å². The molecule has 174 valence electrons. The van der Waals surface area contributed by atoms with Crippen molar-refractivity contribution in [2.45, 2.75) is 50.7 Å². The summed E-state index contributed by atoms with van der Waals surface area (Å²) in [6, 6.07) is 6.54. The summed E-state index contributed by atoms with van der Waals surface area (Å²) in [6.45, 7) is 3.09. The Kier molecular flexibility index (Phi) is 7.84. The minimum Gasteiger partial charge on any atom is -0.361 e. The third-order valence-corrected chi connectivity index (χ3v) is 6.32. The molecule has 4 amide bonds. The normalized spacial score (nSPS) is 23.4. The molecule has 1 aliphatic carbocycles. The standard InChI is InChI=1S/C23H33N5O4/c1-27(2)23(32)17-9-10-18(25-22(31)20(24)29)19(13-17)26-21(30)16-7-5-15(6-8-16)14-28-11-3-4-12-28/h5-8,17-19H,3-4,9-14H2,1-2H3,(H2,24,29)(H,25,31)(H,26,30)/t17-,18-,19+/m0/s1. The van der Waals surface area contributed by atoms with Crippen LogP contribution in [-0.4, -0.2) is 72.7 Å². The fraction of sp³-hybridized carbons (Fsp3) is 0.565. The number of nitrogens with zero attached hydrogens (tertiary/aromatic N) is 2. The van der Waals surface area contributed by atoms with Crippen LogP contribution in [0.1, 0.15) is 48.0 Å². The highest BCUT2D eigenvalue weighted by Crippen LogP contribution is 2.26. The number of nitrogens with two attached hydrogens (primary N) is 1. The number of likely N-dealkylation sites (tertiary alicyclic amines) is 1. The number of rotatable bonds is 6. The van der Waals surface area contributed by atoms with Gasteiger partial charge in [-0.1, -0.05) is 12.1 Å². The Hall–Kier alpha value is -2.94. The largest absolute Gasteiger partial charge is 0.361 e. The first kappa shape index (κ1) is 23.7. The van der Waals surface area contributed by atoms with E-state index in [1.165, 1.54) is 17.7 Å². The van der Waals surface area contributed by atoms with E-state index < -0.39 is 23.9 Å². The number of hydrogen-bond acceptors (Lipinski definition) is 5. The smallest absolute Gasteiger partial charge is 0.309 e. The maximum atomic E-state index is 12.9. The summed E-state index contributed by atoms with van der Waals surface area (Å²) in [5, 5.41) is 5.56. The van der Waals surface area contributed by atoms with Gasteiger partial charge in [0.25, 0.3) is 5.91 Å². The van der Waals surface area contributed by atoms with Crippen molar-refractivity contribution in [3.05, 3.63) is 35.4 Å². The predicted octanol–water partition coefficient (Wildman–Crippen LogP) is 0.239. The van der Waals surface area contributed by atoms with E-state index in [0.717, 1.165) is 25.2 Å². The van der Waals surface area contributed by atoms with Crippen molar-refractivity contribution < 1.29 is 19.2 Å². The van der Waals surface area contributed by atoms with Crippen LogP contribution in [0.4, 0.5) is 0 Å². The fourth-order valence-corrected chi connectivity index (χ4v) is 4.54. The van der Waals surface area contributed by atoms with Crippen molar-refractivity contribution in [3.63, 3.8) is 0 Å². The van der Waals surface area contributed by atoms with E-state index in [-0.39, 0.29) is 17.7 Å². The highest BCUT2D eigenvalue weighted by Gasteiger charge is 2.36. The summed E-state index contributed by atoms with van der Waals surface area (Å²) in [6.07, 6.45) is 3.85. The van der Waals surface area contributed by atoms with Gasteiger partial charge in [0.1, 0.15) is 0 Å².